The van der Waals surface area contributed by atoms with E-state index in [1.807, 2.05) is 60.7 Å². The molecule has 5 nitrogen and oxygen atoms in total. The van der Waals surface area contributed by atoms with Gasteiger partial charge in [0.2, 0.25) is 0 Å². The summed E-state index contributed by atoms with van der Waals surface area (Å²) in [5, 5.41) is 1.52. The highest BCUT2D eigenvalue weighted by Crippen LogP contribution is 2.53. The summed E-state index contributed by atoms with van der Waals surface area (Å²) >= 11 is 0. The zero-order valence-corrected chi connectivity index (χ0v) is 22.8. The molecule has 0 N–H and O–H groups in total. The third kappa shape index (κ3) is 5.63. The number of benzene rings is 2. The van der Waals surface area contributed by atoms with E-state index in [1.165, 1.54) is 0 Å². The largest absolute Gasteiger partial charge is 0.456 e. The Bertz CT molecular complexity index is 973. The summed E-state index contributed by atoms with van der Waals surface area (Å²) in [4.78, 5) is 12.4. The van der Waals surface area contributed by atoms with Crippen LogP contribution >= 0.6 is 7.14 Å². The van der Waals surface area contributed by atoms with E-state index in [9.17, 15) is 4.79 Å². The van der Waals surface area contributed by atoms with Gasteiger partial charge in [0, 0.05) is 23.3 Å². The van der Waals surface area contributed by atoms with Gasteiger partial charge in [-0.2, -0.15) is 0 Å². The van der Waals surface area contributed by atoms with Gasteiger partial charge in [0.05, 0.1) is 12.3 Å². The third-order valence-corrected chi connectivity index (χ3v) is 15.2. The molecule has 0 aromatic heterocycles. The van der Waals surface area contributed by atoms with Crippen LogP contribution in [0.5, 0.6) is 0 Å². The maximum atomic E-state index is 15.1. The Morgan fingerprint density at radius 2 is 1.62 bits per heavy atom. The first-order valence-corrected chi connectivity index (χ1v) is 16.5. The molecule has 2 aromatic carbocycles. The normalized spacial score (nSPS) is 21.6. The average Bonchev–Trinajstić information content (AvgIpc) is 2.83. The van der Waals surface area contributed by atoms with E-state index in [-0.39, 0.29) is 11.6 Å². The van der Waals surface area contributed by atoms with Crippen molar-refractivity contribution in [3.05, 3.63) is 73.3 Å². The van der Waals surface area contributed by atoms with Crippen LogP contribution in [0.25, 0.3) is 0 Å². The fourth-order valence-electron chi connectivity index (χ4n) is 4.05. The molecule has 0 unspecified atom stereocenters. The highest BCUT2D eigenvalue weighted by atomic mass is 31.2. The van der Waals surface area contributed by atoms with Gasteiger partial charge in [-0.25, -0.2) is 4.79 Å². The van der Waals surface area contributed by atoms with E-state index in [2.05, 4.69) is 40.4 Å². The SMILES string of the molecule is C=CC(=O)O[C@H]1[C@H](P(=O)(c2ccccc2)c2ccccc2)CCO[C@@H]1CO[Si](C)(C)C(C)(C)C. The first-order valence-electron chi connectivity index (χ1n) is 11.8. The second-order valence-electron chi connectivity index (χ2n) is 10.3. The molecule has 1 fully saturated rings. The minimum atomic E-state index is -3.19. The minimum Gasteiger partial charge on any atom is -0.456 e. The lowest BCUT2D eigenvalue weighted by atomic mass is 10.1. The van der Waals surface area contributed by atoms with Crippen molar-refractivity contribution in [2.75, 3.05) is 13.2 Å². The molecule has 3 atom stereocenters. The van der Waals surface area contributed by atoms with Crippen molar-refractivity contribution in [1.29, 1.82) is 0 Å². The molecule has 1 aliphatic rings. The molecule has 0 amide bonds. The first kappa shape index (κ1) is 26.6. The van der Waals surface area contributed by atoms with Crippen molar-refractivity contribution in [2.45, 2.75) is 63.2 Å². The maximum Gasteiger partial charge on any atom is 0.330 e. The lowest BCUT2D eigenvalue weighted by Gasteiger charge is -2.43. The van der Waals surface area contributed by atoms with Crippen molar-refractivity contribution in [3.63, 3.8) is 0 Å². The number of esters is 1. The number of ether oxygens (including phenoxy) is 2. The Kier molecular flexibility index (Phi) is 8.41. The number of rotatable bonds is 8. The van der Waals surface area contributed by atoms with Crippen LogP contribution in [-0.4, -0.2) is 45.4 Å². The maximum absolute atomic E-state index is 15.1. The van der Waals surface area contributed by atoms with Crippen LogP contribution in [0.4, 0.5) is 0 Å². The first-order chi connectivity index (χ1) is 16.0. The molecule has 0 bridgehead atoms. The van der Waals surface area contributed by atoms with Gasteiger partial charge in [-0.1, -0.05) is 88.0 Å². The van der Waals surface area contributed by atoms with Gasteiger partial charge in [0.1, 0.15) is 19.3 Å². The van der Waals surface area contributed by atoms with Crippen LogP contribution < -0.4 is 10.6 Å². The van der Waals surface area contributed by atoms with Crippen LogP contribution in [0.2, 0.25) is 18.1 Å². The molecule has 0 spiro atoms. The van der Waals surface area contributed by atoms with Crippen molar-refractivity contribution in [2.24, 2.45) is 0 Å². The van der Waals surface area contributed by atoms with E-state index in [4.69, 9.17) is 13.9 Å². The summed E-state index contributed by atoms with van der Waals surface area (Å²) in [6.07, 6.45) is 0.410. The van der Waals surface area contributed by atoms with Crippen LogP contribution in [0.3, 0.4) is 0 Å². The average molecular weight is 501 g/mol. The zero-order valence-electron chi connectivity index (χ0n) is 20.9. The van der Waals surface area contributed by atoms with Crippen LogP contribution in [0, 0.1) is 0 Å². The smallest absolute Gasteiger partial charge is 0.330 e. The quantitative estimate of drug-likeness (QED) is 0.214. The number of hydrogen-bond acceptors (Lipinski definition) is 5. The Balaban J connectivity index is 2.04. The summed E-state index contributed by atoms with van der Waals surface area (Å²) in [6, 6.07) is 19.0. The Morgan fingerprint density at radius 3 is 2.09 bits per heavy atom. The standard InChI is InChI=1S/C27H37O5PSi/c1-7-25(28)32-26-23(20-31-34(5,6)27(2,3)4)30-19-18-24(26)33(29,21-14-10-8-11-15-21)22-16-12-9-13-17-22/h7-17,23-24,26H,1,18-20H2,2-6H3/t23-,24-,26-/m1/s1. The van der Waals surface area contributed by atoms with Gasteiger partial charge in [0.15, 0.2) is 8.32 Å². The minimum absolute atomic E-state index is 0.0255. The predicted octanol–water partition coefficient (Wildman–Crippen LogP) is 5.28. The van der Waals surface area contributed by atoms with E-state index in [1.54, 1.807) is 0 Å². The summed E-state index contributed by atoms with van der Waals surface area (Å²) in [6.45, 7) is 15.2. The van der Waals surface area contributed by atoms with Gasteiger partial charge in [0.25, 0.3) is 0 Å². The highest BCUT2D eigenvalue weighted by molar-refractivity contribution is 7.79. The predicted molar refractivity (Wildman–Crippen MR) is 141 cm³/mol. The summed E-state index contributed by atoms with van der Waals surface area (Å²) in [7, 11) is -5.26. The molecule has 0 radical (unpaired) electrons. The molecule has 2 aromatic rings. The zero-order chi connectivity index (χ0) is 25.0. The third-order valence-electron chi connectivity index (χ3n) is 7.07. The van der Waals surface area contributed by atoms with E-state index in [0.717, 1.165) is 16.7 Å². The summed E-state index contributed by atoms with van der Waals surface area (Å²) < 4.78 is 33.5. The second-order valence-corrected chi connectivity index (χ2v) is 18.1. The fourth-order valence-corrected chi connectivity index (χ4v) is 8.50. The monoisotopic (exact) mass is 500 g/mol. The molecule has 7 heteroatoms. The van der Waals surface area contributed by atoms with Gasteiger partial charge in [-0.15, -0.1) is 0 Å². The molecule has 1 saturated heterocycles. The highest BCUT2D eigenvalue weighted by Gasteiger charge is 2.49. The van der Waals surface area contributed by atoms with Crippen LogP contribution in [0.15, 0.2) is 73.3 Å². The number of hydrogen-bond donors (Lipinski definition) is 0. The van der Waals surface area contributed by atoms with Crippen LogP contribution in [-0.2, 0) is 23.3 Å². The van der Waals surface area contributed by atoms with Gasteiger partial charge >= 0.3 is 5.97 Å². The lowest BCUT2D eigenvalue weighted by Crippen LogP contribution is -2.53. The van der Waals surface area contributed by atoms with E-state index < -0.39 is 39.3 Å². The number of carbonyl (C=O) groups is 1. The lowest BCUT2D eigenvalue weighted by molar-refractivity contribution is -0.160. The molecule has 184 valence electrons. The topological polar surface area (TPSA) is 61.8 Å². The van der Waals surface area contributed by atoms with Gasteiger partial charge in [-0.3, -0.25) is 0 Å². The Labute approximate surface area is 205 Å². The van der Waals surface area contributed by atoms with Crippen LogP contribution in [0.1, 0.15) is 27.2 Å². The summed E-state index contributed by atoms with van der Waals surface area (Å²) in [5.41, 5.74) is -0.442. The van der Waals surface area contributed by atoms with Gasteiger partial charge in [-0.05, 0) is 24.6 Å². The molecule has 0 saturated carbocycles. The van der Waals surface area contributed by atoms with E-state index in [0.29, 0.717) is 13.0 Å². The Hall–Kier alpha value is -1.98. The fraction of sp³-hybridized carbons (Fsp3) is 0.444. The molecular formula is C27H37O5PSi. The molecule has 1 heterocycles. The van der Waals surface area contributed by atoms with Crippen molar-refractivity contribution >= 4 is 32.0 Å². The van der Waals surface area contributed by atoms with Crippen molar-refractivity contribution in [3.8, 4) is 0 Å². The molecule has 3 rings (SSSR count). The summed E-state index contributed by atoms with van der Waals surface area (Å²) in [5.74, 6) is -0.550. The van der Waals surface area contributed by atoms with Crippen molar-refractivity contribution in [1.82, 2.24) is 0 Å². The number of carbonyl (C=O) groups excluding carboxylic acids is 1. The molecule has 1 aliphatic heterocycles. The molecule has 34 heavy (non-hydrogen) atoms. The Morgan fingerprint density at radius 1 is 1.09 bits per heavy atom. The van der Waals surface area contributed by atoms with Gasteiger partial charge < -0.3 is 18.5 Å². The molecular weight excluding hydrogens is 463 g/mol. The van der Waals surface area contributed by atoms with E-state index >= 15 is 4.57 Å². The van der Waals surface area contributed by atoms with Crippen molar-refractivity contribution < 1.29 is 23.3 Å². The molecule has 0 aliphatic carbocycles. The second kappa shape index (κ2) is 10.7.